The third kappa shape index (κ3) is 5.25. The minimum Gasteiger partial charge on any atom is -0.337 e. The Labute approximate surface area is 173 Å². The fourth-order valence-electron chi connectivity index (χ4n) is 2.61. The normalized spacial score (nSPS) is 10.2. The van der Waals surface area contributed by atoms with Crippen molar-refractivity contribution >= 4 is 46.2 Å². The zero-order valence-corrected chi connectivity index (χ0v) is 16.8. The van der Waals surface area contributed by atoms with Gasteiger partial charge in [0.1, 0.15) is 0 Å². The number of hydrogen-bond acceptors (Lipinski definition) is 4. The summed E-state index contributed by atoms with van der Waals surface area (Å²) < 4.78 is 0. The van der Waals surface area contributed by atoms with Crippen LogP contribution in [-0.2, 0) is 6.54 Å². The molecule has 3 aromatic rings. The van der Waals surface area contributed by atoms with Gasteiger partial charge in [-0.2, -0.15) is 0 Å². The fourth-order valence-corrected chi connectivity index (χ4v) is 3.44. The minimum atomic E-state index is -0.262. The quantitative estimate of drug-likeness (QED) is 0.622. The molecule has 0 aliphatic rings. The molecule has 0 aliphatic heterocycles. The zero-order valence-electron chi connectivity index (χ0n) is 15.2. The first-order valence-electron chi connectivity index (χ1n) is 8.58. The van der Waals surface area contributed by atoms with E-state index in [9.17, 15) is 9.59 Å². The van der Waals surface area contributed by atoms with Crippen LogP contribution in [0.15, 0.2) is 72.1 Å². The van der Waals surface area contributed by atoms with Crippen molar-refractivity contribution in [3.8, 4) is 0 Å². The number of carbonyl (C=O) groups excluding carboxylic acids is 2. The Morgan fingerprint density at radius 1 is 1.04 bits per heavy atom. The second kappa shape index (κ2) is 9.25. The molecule has 7 heteroatoms. The molecular formula is C21H19N3O2S2. The smallest absolute Gasteiger partial charge is 0.267 e. The molecule has 0 radical (unpaired) electrons. The van der Waals surface area contributed by atoms with E-state index in [-0.39, 0.29) is 16.9 Å². The summed E-state index contributed by atoms with van der Waals surface area (Å²) in [7, 11) is 1.77. The maximum atomic E-state index is 12.7. The van der Waals surface area contributed by atoms with E-state index < -0.39 is 0 Å². The van der Waals surface area contributed by atoms with Gasteiger partial charge in [-0.25, -0.2) is 0 Å². The summed E-state index contributed by atoms with van der Waals surface area (Å²) >= 11 is 6.54. The average molecular weight is 410 g/mol. The summed E-state index contributed by atoms with van der Waals surface area (Å²) in [5, 5.41) is 7.59. The fraction of sp³-hybridized carbons (Fsp3) is 0.0952. The van der Waals surface area contributed by atoms with Crippen LogP contribution >= 0.6 is 23.6 Å². The molecule has 2 amide bonds. The molecule has 0 fully saturated rings. The minimum absolute atomic E-state index is 0.0963. The predicted molar refractivity (Wildman–Crippen MR) is 117 cm³/mol. The van der Waals surface area contributed by atoms with Crippen molar-refractivity contribution in [2.45, 2.75) is 6.54 Å². The van der Waals surface area contributed by atoms with Gasteiger partial charge in [-0.1, -0.05) is 42.5 Å². The highest BCUT2D eigenvalue weighted by atomic mass is 32.1. The van der Waals surface area contributed by atoms with E-state index in [4.69, 9.17) is 12.2 Å². The Hall–Kier alpha value is -3.03. The monoisotopic (exact) mass is 409 g/mol. The number of nitrogens with zero attached hydrogens (tertiary/aromatic N) is 1. The van der Waals surface area contributed by atoms with Gasteiger partial charge in [0.15, 0.2) is 5.11 Å². The van der Waals surface area contributed by atoms with E-state index in [0.717, 1.165) is 5.56 Å². The van der Waals surface area contributed by atoms with Crippen LogP contribution in [0.4, 0.5) is 5.69 Å². The second-order valence-corrected chi connectivity index (χ2v) is 7.47. The molecule has 3 rings (SSSR count). The highest BCUT2D eigenvalue weighted by Crippen LogP contribution is 2.14. The summed E-state index contributed by atoms with van der Waals surface area (Å²) in [6, 6.07) is 20.4. The molecule has 1 heterocycles. The first kappa shape index (κ1) is 19.7. The van der Waals surface area contributed by atoms with Crippen molar-refractivity contribution in [1.82, 2.24) is 10.2 Å². The summed E-state index contributed by atoms with van der Waals surface area (Å²) in [6.07, 6.45) is 0. The lowest BCUT2D eigenvalue weighted by Crippen LogP contribution is -2.33. The van der Waals surface area contributed by atoms with E-state index in [2.05, 4.69) is 10.6 Å². The molecule has 0 spiro atoms. The van der Waals surface area contributed by atoms with E-state index in [1.165, 1.54) is 11.3 Å². The van der Waals surface area contributed by atoms with Crippen LogP contribution in [0.5, 0.6) is 0 Å². The van der Waals surface area contributed by atoms with Crippen LogP contribution in [0, 0.1) is 0 Å². The van der Waals surface area contributed by atoms with Crippen molar-refractivity contribution in [3.05, 3.63) is 88.1 Å². The van der Waals surface area contributed by atoms with Gasteiger partial charge in [0.2, 0.25) is 0 Å². The molecule has 0 bridgehead atoms. The zero-order chi connectivity index (χ0) is 19.9. The number of thiocarbonyl (C=S) groups is 1. The Bertz CT molecular complexity index is 972. The van der Waals surface area contributed by atoms with Crippen LogP contribution in [-0.4, -0.2) is 28.9 Å². The molecule has 142 valence electrons. The Morgan fingerprint density at radius 2 is 1.82 bits per heavy atom. The lowest BCUT2D eigenvalue weighted by Gasteiger charge is -2.18. The molecule has 0 saturated heterocycles. The van der Waals surface area contributed by atoms with Crippen molar-refractivity contribution in [2.24, 2.45) is 0 Å². The molecule has 0 aliphatic carbocycles. The largest absolute Gasteiger partial charge is 0.337 e. The standard InChI is InChI=1S/C21H19N3O2S2/c1-24(14-15-7-3-2-4-8-15)20(26)16-9-5-10-17(13-16)22-21(27)23-19(25)18-11-6-12-28-18/h2-13H,14H2,1H3,(H2,22,23,25,27). The molecular weight excluding hydrogens is 390 g/mol. The van der Waals surface area contributed by atoms with Gasteiger partial charge in [0.25, 0.3) is 11.8 Å². The van der Waals surface area contributed by atoms with Crippen LogP contribution in [0.2, 0.25) is 0 Å². The topological polar surface area (TPSA) is 61.4 Å². The van der Waals surface area contributed by atoms with E-state index >= 15 is 0 Å². The van der Waals surface area contributed by atoms with E-state index in [1.807, 2.05) is 35.7 Å². The molecule has 5 nitrogen and oxygen atoms in total. The third-order valence-corrected chi connectivity index (χ3v) is 5.02. The van der Waals surface area contributed by atoms with Crippen LogP contribution < -0.4 is 10.6 Å². The molecule has 28 heavy (non-hydrogen) atoms. The predicted octanol–water partition coefficient (Wildman–Crippen LogP) is 4.15. The number of anilines is 1. The average Bonchev–Trinajstić information content (AvgIpc) is 3.23. The van der Waals surface area contributed by atoms with Crippen LogP contribution in [0.25, 0.3) is 0 Å². The van der Waals surface area contributed by atoms with Crippen molar-refractivity contribution in [1.29, 1.82) is 0 Å². The maximum Gasteiger partial charge on any atom is 0.267 e. The summed E-state index contributed by atoms with van der Waals surface area (Å²) in [5.41, 5.74) is 2.23. The van der Waals surface area contributed by atoms with E-state index in [0.29, 0.717) is 22.7 Å². The first-order valence-corrected chi connectivity index (χ1v) is 9.87. The highest BCUT2D eigenvalue weighted by Gasteiger charge is 2.13. The SMILES string of the molecule is CN(Cc1ccccc1)C(=O)c1cccc(NC(=S)NC(=O)c2cccs2)c1. The lowest BCUT2D eigenvalue weighted by molar-refractivity contribution is 0.0785. The Morgan fingerprint density at radius 3 is 2.54 bits per heavy atom. The third-order valence-electron chi connectivity index (χ3n) is 3.95. The van der Waals surface area contributed by atoms with Gasteiger partial charge in [0, 0.05) is 24.8 Å². The Balaban J connectivity index is 1.62. The number of thiophene rings is 1. The molecule has 2 aromatic carbocycles. The highest BCUT2D eigenvalue weighted by molar-refractivity contribution is 7.80. The lowest BCUT2D eigenvalue weighted by atomic mass is 10.1. The molecule has 2 N–H and O–H groups in total. The van der Waals surface area contributed by atoms with Crippen molar-refractivity contribution in [2.75, 3.05) is 12.4 Å². The number of amides is 2. The summed E-state index contributed by atoms with van der Waals surface area (Å²) in [5.74, 6) is -0.358. The summed E-state index contributed by atoms with van der Waals surface area (Å²) in [6.45, 7) is 0.520. The van der Waals surface area contributed by atoms with Crippen molar-refractivity contribution in [3.63, 3.8) is 0 Å². The molecule has 0 atom stereocenters. The maximum absolute atomic E-state index is 12.7. The van der Waals surface area contributed by atoms with Gasteiger partial charge < -0.3 is 10.2 Å². The number of hydrogen-bond donors (Lipinski definition) is 2. The van der Waals surface area contributed by atoms with Crippen molar-refractivity contribution < 1.29 is 9.59 Å². The number of nitrogens with one attached hydrogen (secondary N) is 2. The van der Waals surface area contributed by atoms with E-state index in [1.54, 1.807) is 48.3 Å². The van der Waals surface area contributed by atoms with Gasteiger partial charge in [-0.3, -0.25) is 14.9 Å². The summed E-state index contributed by atoms with van der Waals surface area (Å²) in [4.78, 5) is 27.0. The van der Waals surface area contributed by atoms with Gasteiger partial charge in [-0.05, 0) is 47.4 Å². The number of benzene rings is 2. The van der Waals surface area contributed by atoms with Crippen LogP contribution in [0.1, 0.15) is 25.6 Å². The first-order chi connectivity index (χ1) is 13.5. The Kier molecular flexibility index (Phi) is 6.52. The number of rotatable bonds is 5. The van der Waals surface area contributed by atoms with Gasteiger partial charge in [0.05, 0.1) is 4.88 Å². The van der Waals surface area contributed by atoms with Crippen LogP contribution in [0.3, 0.4) is 0 Å². The molecule has 0 unspecified atom stereocenters. The molecule has 0 saturated carbocycles. The van der Waals surface area contributed by atoms with Gasteiger partial charge in [-0.15, -0.1) is 11.3 Å². The molecule has 1 aromatic heterocycles. The number of carbonyl (C=O) groups is 2. The van der Waals surface area contributed by atoms with Gasteiger partial charge >= 0.3 is 0 Å². The second-order valence-electron chi connectivity index (χ2n) is 6.11.